The molecule has 0 unspecified atom stereocenters. The van der Waals surface area contributed by atoms with Crippen LogP contribution in [0.2, 0.25) is 0 Å². The van der Waals surface area contributed by atoms with E-state index in [1.54, 1.807) is 11.3 Å². The van der Waals surface area contributed by atoms with Crippen molar-refractivity contribution >= 4 is 28.6 Å². The lowest BCUT2D eigenvalue weighted by Crippen LogP contribution is -1.99. The minimum absolute atomic E-state index is 0.00598. The van der Waals surface area contributed by atoms with Crippen molar-refractivity contribution in [2.24, 2.45) is 0 Å². The maximum atomic E-state index is 11.0. The topological polar surface area (TPSA) is 50.2 Å². The lowest BCUT2D eigenvalue weighted by atomic mass is 10.1. The van der Waals surface area contributed by atoms with Crippen LogP contribution in [0.25, 0.3) is 21.8 Å². The molecule has 0 fully saturated rings. The zero-order chi connectivity index (χ0) is 13.9. The van der Waals surface area contributed by atoms with Crippen molar-refractivity contribution in [1.29, 1.82) is 0 Å². The number of carboxylic acid groups (broad SMARTS) is 1. The highest BCUT2D eigenvalue weighted by Crippen LogP contribution is 2.34. The Balaban J connectivity index is 2.09. The molecule has 0 saturated heterocycles. The molecule has 3 rings (SSSR count). The highest BCUT2D eigenvalue weighted by atomic mass is 32.1. The molecule has 0 atom stereocenters. The summed E-state index contributed by atoms with van der Waals surface area (Å²) in [4.78, 5) is 16.5. The molecule has 5 heteroatoms. The van der Waals surface area contributed by atoms with Crippen molar-refractivity contribution in [3.05, 3.63) is 52.0 Å². The Morgan fingerprint density at radius 2 is 1.95 bits per heavy atom. The van der Waals surface area contributed by atoms with E-state index in [2.05, 4.69) is 4.98 Å². The Kier molecular flexibility index (Phi) is 3.62. The molecule has 2 aromatic heterocycles. The van der Waals surface area contributed by atoms with Crippen LogP contribution >= 0.6 is 22.7 Å². The van der Waals surface area contributed by atoms with Gasteiger partial charge in [-0.3, -0.25) is 4.79 Å². The molecule has 3 aromatic rings. The van der Waals surface area contributed by atoms with Crippen LogP contribution in [0.3, 0.4) is 0 Å². The van der Waals surface area contributed by atoms with Gasteiger partial charge in [0, 0.05) is 21.4 Å². The van der Waals surface area contributed by atoms with Crippen LogP contribution in [0, 0.1) is 0 Å². The van der Waals surface area contributed by atoms with Crippen LogP contribution in [-0.2, 0) is 11.2 Å². The Morgan fingerprint density at radius 1 is 1.15 bits per heavy atom. The number of carboxylic acids is 1. The van der Waals surface area contributed by atoms with E-state index in [-0.39, 0.29) is 6.42 Å². The van der Waals surface area contributed by atoms with E-state index in [1.165, 1.54) is 11.3 Å². The van der Waals surface area contributed by atoms with Crippen molar-refractivity contribution in [1.82, 2.24) is 4.98 Å². The van der Waals surface area contributed by atoms with E-state index in [9.17, 15) is 4.79 Å². The molecule has 3 nitrogen and oxygen atoms in total. The molecule has 0 spiro atoms. The van der Waals surface area contributed by atoms with Gasteiger partial charge in [-0.25, -0.2) is 4.98 Å². The molecule has 100 valence electrons. The highest BCUT2D eigenvalue weighted by Gasteiger charge is 2.16. The van der Waals surface area contributed by atoms with E-state index in [0.29, 0.717) is 0 Å². The Hall–Kier alpha value is -1.98. The SMILES string of the molecule is O=C(O)Cc1sc(-c2ccsc2)nc1-c1ccccc1. The molecule has 0 aliphatic carbocycles. The number of nitrogens with zero attached hydrogens (tertiary/aromatic N) is 1. The van der Waals surface area contributed by atoms with Gasteiger partial charge in [-0.2, -0.15) is 11.3 Å². The van der Waals surface area contributed by atoms with Crippen molar-refractivity contribution in [3.8, 4) is 21.8 Å². The summed E-state index contributed by atoms with van der Waals surface area (Å²) in [5.74, 6) is -0.831. The van der Waals surface area contributed by atoms with E-state index in [0.717, 1.165) is 26.7 Å². The van der Waals surface area contributed by atoms with Gasteiger partial charge >= 0.3 is 5.97 Å². The normalized spacial score (nSPS) is 10.6. The lowest BCUT2D eigenvalue weighted by Gasteiger charge is -1.99. The Labute approximate surface area is 124 Å². The summed E-state index contributed by atoms with van der Waals surface area (Å²) >= 11 is 3.06. The van der Waals surface area contributed by atoms with Crippen LogP contribution in [0.1, 0.15) is 4.88 Å². The monoisotopic (exact) mass is 301 g/mol. The molecule has 0 saturated carbocycles. The average Bonchev–Trinajstić information content (AvgIpc) is 3.08. The van der Waals surface area contributed by atoms with Gasteiger partial charge in [0.2, 0.25) is 0 Å². The summed E-state index contributed by atoms with van der Waals surface area (Å²) in [7, 11) is 0. The second kappa shape index (κ2) is 5.56. The molecular weight excluding hydrogens is 290 g/mol. The molecule has 1 aromatic carbocycles. The number of hydrogen-bond acceptors (Lipinski definition) is 4. The summed E-state index contributed by atoms with van der Waals surface area (Å²) in [6.45, 7) is 0. The van der Waals surface area contributed by atoms with Gasteiger partial charge in [0.15, 0.2) is 0 Å². The fourth-order valence-corrected chi connectivity index (χ4v) is 3.73. The first-order chi connectivity index (χ1) is 9.74. The van der Waals surface area contributed by atoms with Gasteiger partial charge in [0.25, 0.3) is 0 Å². The Morgan fingerprint density at radius 3 is 2.60 bits per heavy atom. The first kappa shape index (κ1) is 13.0. The maximum Gasteiger partial charge on any atom is 0.308 e. The fourth-order valence-electron chi connectivity index (χ4n) is 1.94. The number of hydrogen-bond donors (Lipinski definition) is 1. The highest BCUT2D eigenvalue weighted by molar-refractivity contribution is 7.16. The molecule has 2 heterocycles. The number of benzene rings is 1. The summed E-state index contributed by atoms with van der Waals surface area (Å²) in [6.07, 6.45) is 0.00598. The van der Waals surface area contributed by atoms with Crippen LogP contribution < -0.4 is 0 Å². The largest absolute Gasteiger partial charge is 0.481 e. The summed E-state index contributed by atoms with van der Waals surface area (Å²) in [6, 6.07) is 11.7. The van der Waals surface area contributed by atoms with Gasteiger partial charge in [-0.1, -0.05) is 30.3 Å². The van der Waals surface area contributed by atoms with Crippen molar-refractivity contribution < 1.29 is 9.90 Å². The van der Waals surface area contributed by atoms with Crippen LogP contribution in [0.15, 0.2) is 47.2 Å². The quantitative estimate of drug-likeness (QED) is 0.787. The smallest absolute Gasteiger partial charge is 0.308 e. The number of rotatable bonds is 4. The zero-order valence-electron chi connectivity index (χ0n) is 10.4. The third-order valence-corrected chi connectivity index (χ3v) is 4.61. The number of thiophene rings is 1. The van der Waals surface area contributed by atoms with Gasteiger partial charge in [0.05, 0.1) is 12.1 Å². The second-order valence-electron chi connectivity index (χ2n) is 4.24. The molecule has 1 N–H and O–H groups in total. The third-order valence-electron chi connectivity index (χ3n) is 2.82. The maximum absolute atomic E-state index is 11.0. The van der Waals surface area contributed by atoms with Gasteiger partial charge < -0.3 is 5.11 Å². The molecule has 20 heavy (non-hydrogen) atoms. The lowest BCUT2D eigenvalue weighted by molar-refractivity contribution is -0.136. The first-order valence-corrected chi connectivity index (χ1v) is 7.79. The van der Waals surface area contributed by atoms with Crippen molar-refractivity contribution in [2.45, 2.75) is 6.42 Å². The first-order valence-electron chi connectivity index (χ1n) is 6.03. The molecule has 0 amide bonds. The molecule has 0 aliphatic rings. The van der Waals surface area contributed by atoms with Crippen LogP contribution in [0.5, 0.6) is 0 Å². The summed E-state index contributed by atoms with van der Waals surface area (Å²) < 4.78 is 0. The van der Waals surface area contributed by atoms with E-state index >= 15 is 0 Å². The van der Waals surface area contributed by atoms with Gasteiger partial charge in [-0.05, 0) is 11.4 Å². The van der Waals surface area contributed by atoms with Crippen LogP contribution in [0.4, 0.5) is 0 Å². The third kappa shape index (κ3) is 2.64. The fraction of sp³-hybridized carbons (Fsp3) is 0.0667. The number of aromatic nitrogens is 1. The van der Waals surface area contributed by atoms with E-state index < -0.39 is 5.97 Å². The molecule has 0 bridgehead atoms. The Bertz CT molecular complexity index is 718. The minimum Gasteiger partial charge on any atom is -0.481 e. The molecular formula is C15H11NO2S2. The number of aliphatic carboxylic acids is 1. The standard InChI is InChI=1S/C15H11NO2S2/c17-13(18)8-12-14(10-4-2-1-3-5-10)16-15(20-12)11-6-7-19-9-11/h1-7,9H,8H2,(H,17,18). The van der Waals surface area contributed by atoms with Crippen LogP contribution in [-0.4, -0.2) is 16.1 Å². The van der Waals surface area contributed by atoms with Crippen molar-refractivity contribution in [2.75, 3.05) is 0 Å². The zero-order valence-corrected chi connectivity index (χ0v) is 12.1. The number of carbonyl (C=O) groups is 1. The second-order valence-corrected chi connectivity index (χ2v) is 6.10. The van der Waals surface area contributed by atoms with E-state index in [4.69, 9.17) is 5.11 Å². The predicted octanol–water partition coefficient (Wildman–Crippen LogP) is 4.17. The molecule has 0 radical (unpaired) electrons. The minimum atomic E-state index is -0.831. The predicted molar refractivity (Wildman–Crippen MR) is 82.2 cm³/mol. The number of thiazole rings is 1. The summed E-state index contributed by atoms with van der Waals surface area (Å²) in [5.41, 5.74) is 2.79. The summed E-state index contributed by atoms with van der Waals surface area (Å²) in [5, 5.41) is 14.0. The van der Waals surface area contributed by atoms with E-state index in [1.807, 2.05) is 47.2 Å². The average molecular weight is 301 g/mol. The van der Waals surface area contributed by atoms with Gasteiger partial charge in [0.1, 0.15) is 5.01 Å². The van der Waals surface area contributed by atoms with Gasteiger partial charge in [-0.15, -0.1) is 11.3 Å². The van der Waals surface area contributed by atoms with Crippen molar-refractivity contribution in [3.63, 3.8) is 0 Å². The molecule has 0 aliphatic heterocycles.